The van der Waals surface area contributed by atoms with Gasteiger partial charge in [-0.05, 0) is 25.7 Å². The molecule has 0 spiro atoms. The number of hydrogen-bond donors (Lipinski definition) is 0. The van der Waals surface area contributed by atoms with Crippen molar-refractivity contribution in [3.05, 3.63) is 0 Å². The molecule has 0 fully saturated rings. The van der Waals surface area contributed by atoms with Gasteiger partial charge in [0.25, 0.3) is 0 Å². The van der Waals surface area contributed by atoms with Gasteiger partial charge in [-0.1, -0.05) is 65.2 Å². The van der Waals surface area contributed by atoms with Crippen LogP contribution in [0.2, 0.25) is 0 Å². The van der Waals surface area contributed by atoms with Crippen molar-refractivity contribution in [3.63, 3.8) is 0 Å². The number of unbranched alkanes of at least 4 members (excludes halogenated alkanes) is 8. The summed E-state index contributed by atoms with van der Waals surface area (Å²) in [5, 5.41) is 0. The molecule has 6 nitrogen and oxygen atoms in total. The standard InChI is InChI=1S/C27H54N2O4/c1-7-9-11-12-13-16-21-33-24-27(22-25(30)28(3)4,23-26(31)29(5)6)18-15-14-17-20-32-19-10-8-2/h7-24H2,1-6H3. The Hall–Kier alpha value is -1.14. The summed E-state index contributed by atoms with van der Waals surface area (Å²) in [6.45, 7) is 7.18. The Bertz CT molecular complexity index is 451. The molecule has 0 radical (unpaired) electrons. The van der Waals surface area contributed by atoms with Crippen LogP contribution in [0, 0.1) is 5.41 Å². The lowest BCUT2D eigenvalue weighted by Crippen LogP contribution is -2.39. The monoisotopic (exact) mass is 470 g/mol. The average molecular weight is 471 g/mol. The summed E-state index contributed by atoms with van der Waals surface area (Å²) >= 11 is 0. The van der Waals surface area contributed by atoms with Crippen LogP contribution < -0.4 is 0 Å². The SMILES string of the molecule is CCCCCCCCOCC(CCCCCOCCCC)(CC(=O)N(C)C)CC(=O)N(C)C. The highest BCUT2D eigenvalue weighted by atomic mass is 16.5. The van der Waals surface area contributed by atoms with E-state index in [1.54, 1.807) is 38.0 Å². The van der Waals surface area contributed by atoms with Gasteiger partial charge in [0.2, 0.25) is 11.8 Å². The highest BCUT2D eigenvalue weighted by Crippen LogP contribution is 2.35. The van der Waals surface area contributed by atoms with E-state index in [1.165, 1.54) is 32.1 Å². The molecule has 0 bridgehead atoms. The first kappa shape index (κ1) is 31.9. The summed E-state index contributed by atoms with van der Waals surface area (Å²) in [7, 11) is 7.13. The van der Waals surface area contributed by atoms with Crippen molar-refractivity contribution >= 4 is 11.8 Å². The Kier molecular flexibility index (Phi) is 19.6. The van der Waals surface area contributed by atoms with Crippen LogP contribution in [-0.4, -0.2) is 76.2 Å². The van der Waals surface area contributed by atoms with Crippen molar-refractivity contribution in [2.75, 3.05) is 54.6 Å². The van der Waals surface area contributed by atoms with Crippen molar-refractivity contribution in [3.8, 4) is 0 Å². The van der Waals surface area contributed by atoms with Gasteiger partial charge >= 0.3 is 0 Å². The molecule has 0 aromatic carbocycles. The van der Waals surface area contributed by atoms with Gasteiger partial charge in [0.1, 0.15) is 0 Å². The second-order valence-corrected chi connectivity index (χ2v) is 10.0. The van der Waals surface area contributed by atoms with Crippen LogP contribution in [0.3, 0.4) is 0 Å². The first-order chi connectivity index (χ1) is 15.8. The fourth-order valence-corrected chi connectivity index (χ4v) is 3.87. The van der Waals surface area contributed by atoms with E-state index >= 15 is 0 Å². The minimum Gasteiger partial charge on any atom is -0.381 e. The summed E-state index contributed by atoms with van der Waals surface area (Å²) in [6, 6.07) is 0. The highest BCUT2D eigenvalue weighted by Gasteiger charge is 2.36. The third kappa shape index (κ3) is 17.0. The van der Waals surface area contributed by atoms with E-state index in [2.05, 4.69) is 13.8 Å². The maximum absolute atomic E-state index is 12.7. The minimum absolute atomic E-state index is 0.0626. The summed E-state index contributed by atoms with van der Waals surface area (Å²) in [4.78, 5) is 28.7. The van der Waals surface area contributed by atoms with Crippen LogP contribution in [0.15, 0.2) is 0 Å². The molecule has 0 atom stereocenters. The number of amides is 2. The molecule has 0 aromatic heterocycles. The zero-order valence-electron chi connectivity index (χ0n) is 22.8. The van der Waals surface area contributed by atoms with Gasteiger partial charge in [-0.3, -0.25) is 9.59 Å². The maximum atomic E-state index is 12.7. The van der Waals surface area contributed by atoms with E-state index in [1.807, 2.05) is 0 Å². The van der Waals surface area contributed by atoms with E-state index in [-0.39, 0.29) is 11.8 Å². The number of carbonyl (C=O) groups excluding carboxylic acids is 2. The fourth-order valence-electron chi connectivity index (χ4n) is 3.87. The second kappa shape index (κ2) is 20.3. The highest BCUT2D eigenvalue weighted by molar-refractivity contribution is 5.80. The predicted octanol–water partition coefficient (Wildman–Crippen LogP) is 5.68. The first-order valence-corrected chi connectivity index (χ1v) is 13.3. The fraction of sp³-hybridized carbons (Fsp3) is 0.926. The zero-order valence-corrected chi connectivity index (χ0v) is 22.8. The van der Waals surface area contributed by atoms with Crippen molar-refractivity contribution in [2.45, 2.75) is 104 Å². The average Bonchev–Trinajstić information content (AvgIpc) is 2.77. The second-order valence-electron chi connectivity index (χ2n) is 10.0. The van der Waals surface area contributed by atoms with Crippen molar-refractivity contribution < 1.29 is 19.1 Å². The van der Waals surface area contributed by atoms with Gasteiger partial charge in [-0.2, -0.15) is 0 Å². The Morgan fingerprint density at radius 2 is 1.06 bits per heavy atom. The van der Waals surface area contributed by atoms with Crippen molar-refractivity contribution in [1.82, 2.24) is 9.80 Å². The molecule has 0 aliphatic rings. The molecule has 0 unspecified atom stereocenters. The molecular formula is C27H54N2O4. The third-order valence-corrected chi connectivity index (χ3v) is 6.24. The van der Waals surface area contributed by atoms with Gasteiger partial charge in [-0.15, -0.1) is 0 Å². The van der Waals surface area contributed by atoms with Crippen LogP contribution in [0.25, 0.3) is 0 Å². The van der Waals surface area contributed by atoms with E-state index in [4.69, 9.17) is 9.47 Å². The van der Waals surface area contributed by atoms with Crippen LogP contribution in [0.4, 0.5) is 0 Å². The van der Waals surface area contributed by atoms with Gasteiger partial charge in [0.05, 0.1) is 6.61 Å². The smallest absolute Gasteiger partial charge is 0.222 e. The summed E-state index contributed by atoms with van der Waals surface area (Å²) < 4.78 is 11.8. The minimum atomic E-state index is -0.450. The van der Waals surface area contributed by atoms with Crippen molar-refractivity contribution in [2.24, 2.45) is 5.41 Å². The maximum Gasteiger partial charge on any atom is 0.222 e. The molecule has 196 valence electrons. The van der Waals surface area contributed by atoms with Gasteiger partial charge in [-0.25, -0.2) is 0 Å². The molecule has 0 aliphatic heterocycles. The molecular weight excluding hydrogens is 416 g/mol. The van der Waals surface area contributed by atoms with Crippen LogP contribution in [0.1, 0.15) is 104 Å². The first-order valence-electron chi connectivity index (χ1n) is 13.3. The summed E-state index contributed by atoms with van der Waals surface area (Å²) in [6.07, 6.45) is 14.1. The van der Waals surface area contributed by atoms with E-state index < -0.39 is 5.41 Å². The zero-order chi connectivity index (χ0) is 25.0. The molecule has 6 heteroatoms. The van der Waals surface area contributed by atoms with E-state index in [9.17, 15) is 9.59 Å². The molecule has 0 saturated carbocycles. The Morgan fingerprint density at radius 3 is 1.61 bits per heavy atom. The molecule has 0 saturated heterocycles. The summed E-state index contributed by atoms with van der Waals surface area (Å²) in [5.74, 6) is 0.125. The Labute approximate surface area is 204 Å². The van der Waals surface area contributed by atoms with E-state index in [0.29, 0.717) is 26.1 Å². The number of carbonyl (C=O) groups is 2. The lowest BCUT2D eigenvalue weighted by Gasteiger charge is -2.34. The number of hydrogen-bond acceptors (Lipinski definition) is 4. The van der Waals surface area contributed by atoms with Crippen LogP contribution >= 0.6 is 0 Å². The third-order valence-electron chi connectivity index (χ3n) is 6.24. The molecule has 0 aromatic rings. The van der Waals surface area contributed by atoms with Gasteiger partial charge in [0.15, 0.2) is 0 Å². The van der Waals surface area contributed by atoms with Crippen LogP contribution in [-0.2, 0) is 19.1 Å². The lowest BCUT2D eigenvalue weighted by molar-refractivity contribution is -0.137. The van der Waals surface area contributed by atoms with Crippen LogP contribution in [0.5, 0.6) is 0 Å². The molecule has 0 rings (SSSR count). The largest absolute Gasteiger partial charge is 0.381 e. The topological polar surface area (TPSA) is 59.1 Å². The molecule has 0 heterocycles. The number of rotatable bonds is 22. The lowest BCUT2D eigenvalue weighted by atomic mass is 9.76. The molecule has 0 N–H and O–H groups in total. The molecule has 2 amide bonds. The quantitative estimate of drug-likeness (QED) is 0.191. The van der Waals surface area contributed by atoms with Crippen molar-refractivity contribution in [1.29, 1.82) is 0 Å². The summed E-state index contributed by atoms with van der Waals surface area (Å²) in [5.41, 5.74) is -0.450. The number of nitrogens with zero attached hydrogens (tertiary/aromatic N) is 2. The molecule has 0 aliphatic carbocycles. The Morgan fingerprint density at radius 1 is 0.606 bits per heavy atom. The molecule has 33 heavy (non-hydrogen) atoms. The normalized spacial score (nSPS) is 11.6. The van der Waals surface area contributed by atoms with E-state index in [0.717, 1.165) is 58.2 Å². The predicted molar refractivity (Wildman–Crippen MR) is 137 cm³/mol. The van der Waals surface area contributed by atoms with Gasteiger partial charge < -0.3 is 19.3 Å². The van der Waals surface area contributed by atoms with Gasteiger partial charge in [0, 0.05) is 66.3 Å². The number of ether oxygens (including phenoxy) is 2. The Balaban J connectivity index is 4.91.